The van der Waals surface area contributed by atoms with Crippen LogP contribution in [0.3, 0.4) is 0 Å². The number of unbranched alkanes of at least 4 members (excludes halogenated alkanes) is 2. The van der Waals surface area contributed by atoms with Gasteiger partial charge in [0.25, 0.3) is 0 Å². The highest BCUT2D eigenvalue weighted by molar-refractivity contribution is 7.14. The van der Waals surface area contributed by atoms with E-state index in [4.69, 9.17) is 4.74 Å². The Balaban J connectivity index is 1.99. The summed E-state index contributed by atoms with van der Waals surface area (Å²) in [7, 11) is 0. The van der Waals surface area contributed by atoms with Crippen LogP contribution in [-0.4, -0.2) is 16.2 Å². The van der Waals surface area contributed by atoms with E-state index in [1.54, 1.807) is 36.5 Å². The lowest BCUT2D eigenvalue weighted by molar-refractivity contribution is -0.129. The summed E-state index contributed by atoms with van der Waals surface area (Å²) in [5.74, 6) is 0.156. The highest BCUT2D eigenvalue weighted by atomic mass is 32.1. The van der Waals surface area contributed by atoms with Crippen molar-refractivity contribution >= 4 is 17.3 Å². The van der Waals surface area contributed by atoms with Gasteiger partial charge in [-0.15, -0.1) is 10.2 Å². The molecule has 4 nitrogen and oxygen atoms in total. The van der Waals surface area contributed by atoms with Crippen molar-refractivity contribution in [2.75, 3.05) is 0 Å². The maximum atomic E-state index is 11.4. The van der Waals surface area contributed by atoms with Crippen molar-refractivity contribution in [1.29, 1.82) is 0 Å². The number of aromatic nitrogens is 2. The summed E-state index contributed by atoms with van der Waals surface area (Å²) in [6.07, 6.45) is 7.62. The van der Waals surface area contributed by atoms with Crippen LogP contribution < -0.4 is 4.74 Å². The van der Waals surface area contributed by atoms with Gasteiger partial charge in [-0.2, -0.15) is 0 Å². The molecule has 0 fully saturated rings. The molecule has 0 saturated heterocycles. The fraction of sp³-hybridized carbons (Fsp3) is 0.353. The summed E-state index contributed by atoms with van der Waals surface area (Å²) in [5, 5.41) is 10.4. The summed E-state index contributed by atoms with van der Waals surface area (Å²) in [4.78, 5) is 11.4. The minimum absolute atomic E-state index is 0.371. The molecule has 0 saturated carbocycles. The monoisotopic (exact) mass is 316 g/mol. The summed E-state index contributed by atoms with van der Waals surface area (Å²) in [6.45, 7) is 3.97. The van der Waals surface area contributed by atoms with Crippen LogP contribution in [0.4, 0.5) is 0 Å². The van der Waals surface area contributed by atoms with E-state index in [2.05, 4.69) is 17.1 Å². The number of nitrogens with zero attached hydrogens (tertiary/aromatic N) is 2. The first-order valence-corrected chi connectivity index (χ1v) is 8.32. The van der Waals surface area contributed by atoms with E-state index >= 15 is 0 Å². The summed E-state index contributed by atoms with van der Waals surface area (Å²) in [5.41, 5.74) is 0.991. The molecule has 1 aromatic heterocycles. The second kappa shape index (κ2) is 8.44. The van der Waals surface area contributed by atoms with Crippen LogP contribution in [0.5, 0.6) is 5.75 Å². The normalized spacial score (nSPS) is 11.0. The Kier molecular flexibility index (Phi) is 6.27. The zero-order chi connectivity index (χ0) is 15.8. The van der Waals surface area contributed by atoms with Gasteiger partial charge in [0.15, 0.2) is 0 Å². The van der Waals surface area contributed by atoms with E-state index in [1.165, 1.54) is 18.9 Å². The smallest absolute Gasteiger partial charge is 0.335 e. The minimum atomic E-state index is -0.371. The van der Waals surface area contributed by atoms with Gasteiger partial charge in [-0.05, 0) is 37.6 Å². The number of hydrogen-bond acceptors (Lipinski definition) is 5. The molecule has 2 aromatic rings. The van der Waals surface area contributed by atoms with Crippen molar-refractivity contribution in [3.63, 3.8) is 0 Å². The molecule has 0 spiro atoms. The molecule has 0 bridgehead atoms. The van der Waals surface area contributed by atoms with Gasteiger partial charge in [-0.1, -0.05) is 37.2 Å². The molecule has 0 radical (unpaired) electrons. The van der Waals surface area contributed by atoms with Crippen molar-refractivity contribution in [3.05, 3.63) is 41.4 Å². The maximum absolute atomic E-state index is 11.4. The second-order valence-corrected chi connectivity index (χ2v) is 5.97. The number of esters is 1. The Morgan fingerprint density at radius 2 is 2.00 bits per heavy atom. The van der Waals surface area contributed by atoms with E-state index in [1.807, 2.05) is 12.1 Å². The number of rotatable bonds is 7. The second-order valence-electron chi connectivity index (χ2n) is 4.90. The van der Waals surface area contributed by atoms with E-state index < -0.39 is 0 Å². The third-order valence-corrected chi connectivity index (χ3v) is 4.12. The van der Waals surface area contributed by atoms with Gasteiger partial charge in [-0.25, -0.2) is 4.79 Å². The average molecular weight is 316 g/mol. The lowest BCUT2D eigenvalue weighted by atomic mass is 10.2. The fourth-order valence-electron chi connectivity index (χ4n) is 1.95. The third kappa shape index (κ3) is 4.77. The lowest BCUT2D eigenvalue weighted by Crippen LogP contribution is -2.03. The molecule has 0 N–H and O–H groups in total. The van der Waals surface area contributed by atoms with E-state index in [-0.39, 0.29) is 5.97 Å². The predicted molar refractivity (Wildman–Crippen MR) is 89.0 cm³/mol. The van der Waals surface area contributed by atoms with Crippen molar-refractivity contribution in [2.45, 2.75) is 39.5 Å². The van der Waals surface area contributed by atoms with Gasteiger partial charge in [0.1, 0.15) is 15.8 Å². The molecule has 22 heavy (non-hydrogen) atoms. The van der Waals surface area contributed by atoms with Crippen LogP contribution in [0, 0.1) is 0 Å². The fourth-order valence-corrected chi connectivity index (χ4v) is 2.84. The molecule has 0 amide bonds. The van der Waals surface area contributed by atoms with Gasteiger partial charge in [-0.3, -0.25) is 0 Å². The zero-order valence-corrected chi connectivity index (χ0v) is 13.7. The van der Waals surface area contributed by atoms with Crippen LogP contribution >= 0.6 is 11.3 Å². The van der Waals surface area contributed by atoms with Crippen molar-refractivity contribution in [2.24, 2.45) is 0 Å². The molecule has 1 aromatic carbocycles. The molecule has 5 heteroatoms. The van der Waals surface area contributed by atoms with Crippen LogP contribution in [0.15, 0.2) is 36.4 Å². The first-order valence-electron chi connectivity index (χ1n) is 7.50. The first kappa shape index (κ1) is 16.4. The summed E-state index contributed by atoms with van der Waals surface area (Å²) >= 11 is 1.62. The molecule has 0 aliphatic rings. The quantitative estimate of drug-likeness (QED) is 0.328. The van der Waals surface area contributed by atoms with Gasteiger partial charge < -0.3 is 4.74 Å². The number of ether oxygens (including phenoxy) is 1. The number of carbonyl (C=O) groups excluding carboxylic acids is 1. The third-order valence-electron chi connectivity index (χ3n) is 3.08. The van der Waals surface area contributed by atoms with Crippen LogP contribution in [0.1, 0.15) is 38.1 Å². The highest BCUT2D eigenvalue weighted by Gasteiger charge is 2.07. The Bertz CT molecular complexity index is 632. The van der Waals surface area contributed by atoms with Gasteiger partial charge in [0.2, 0.25) is 0 Å². The molecular weight excluding hydrogens is 296 g/mol. The first-order chi connectivity index (χ1) is 10.7. The largest absolute Gasteiger partial charge is 0.423 e. The van der Waals surface area contributed by atoms with E-state index in [9.17, 15) is 4.79 Å². The van der Waals surface area contributed by atoms with Gasteiger partial charge in [0, 0.05) is 18.1 Å². The Hall–Kier alpha value is -2.01. The molecule has 116 valence electrons. The molecular formula is C17H20N2O2S. The minimum Gasteiger partial charge on any atom is -0.423 e. The lowest BCUT2D eigenvalue weighted by Gasteiger charge is -2.01. The summed E-state index contributed by atoms with van der Waals surface area (Å²) < 4.78 is 5.16. The molecule has 0 atom stereocenters. The molecule has 0 aliphatic heterocycles. The topological polar surface area (TPSA) is 52.1 Å². The number of hydrogen-bond donors (Lipinski definition) is 0. The zero-order valence-electron chi connectivity index (χ0n) is 12.9. The maximum Gasteiger partial charge on any atom is 0.335 e. The summed E-state index contributed by atoms with van der Waals surface area (Å²) in [6, 6.07) is 7.34. The van der Waals surface area contributed by atoms with Crippen molar-refractivity contribution < 1.29 is 9.53 Å². The van der Waals surface area contributed by atoms with Gasteiger partial charge in [0.05, 0.1) is 0 Å². The SMILES string of the molecule is CC=CC(=O)Oc1ccc(-c2nnc(CCCCC)s2)cc1. The predicted octanol–water partition coefficient (Wildman–Crippen LogP) is 4.42. The van der Waals surface area contributed by atoms with E-state index in [0.29, 0.717) is 5.75 Å². The number of benzene rings is 1. The van der Waals surface area contributed by atoms with Gasteiger partial charge >= 0.3 is 5.97 Å². The average Bonchev–Trinajstić information content (AvgIpc) is 2.97. The number of carbonyl (C=O) groups is 1. The highest BCUT2D eigenvalue weighted by Crippen LogP contribution is 2.26. The molecule has 0 unspecified atom stereocenters. The van der Waals surface area contributed by atoms with Crippen LogP contribution in [0.25, 0.3) is 10.6 Å². The van der Waals surface area contributed by atoms with E-state index in [0.717, 1.165) is 28.4 Å². The van der Waals surface area contributed by atoms with Crippen molar-refractivity contribution in [1.82, 2.24) is 10.2 Å². The Morgan fingerprint density at radius 3 is 2.68 bits per heavy atom. The number of aryl methyl sites for hydroxylation is 1. The Morgan fingerprint density at radius 1 is 1.23 bits per heavy atom. The van der Waals surface area contributed by atoms with Crippen LogP contribution in [-0.2, 0) is 11.2 Å². The standard InChI is InChI=1S/C17H20N2O2S/c1-3-5-6-8-15-18-19-17(22-15)13-9-11-14(12-10-13)21-16(20)7-4-2/h4,7,9-12H,3,5-6,8H2,1-2H3. The molecule has 1 heterocycles. The molecule has 0 aliphatic carbocycles. The number of allylic oxidation sites excluding steroid dienone is 1. The van der Waals surface area contributed by atoms with Crippen molar-refractivity contribution in [3.8, 4) is 16.3 Å². The Labute approximate surface area is 134 Å². The van der Waals surface area contributed by atoms with Crippen LogP contribution in [0.2, 0.25) is 0 Å². The molecule has 2 rings (SSSR count).